The molecule has 1 aliphatic rings. The number of fused-ring (bicyclic) bond motifs is 1. The van der Waals surface area contributed by atoms with Gasteiger partial charge in [-0.25, -0.2) is 4.39 Å². The van der Waals surface area contributed by atoms with Crippen LogP contribution in [0.15, 0.2) is 57.9 Å². The van der Waals surface area contributed by atoms with E-state index < -0.39 is 6.10 Å². The first-order valence-electron chi connectivity index (χ1n) is 10.5. The number of halogens is 2. The summed E-state index contributed by atoms with van der Waals surface area (Å²) in [5.41, 5.74) is 1.18. The number of nitrogens with zero attached hydrogens (tertiary/aromatic N) is 2. The highest BCUT2D eigenvalue weighted by molar-refractivity contribution is 5.85. The summed E-state index contributed by atoms with van der Waals surface area (Å²) in [4.78, 5) is 17.4. The van der Waals surface area contributed by atoms with Crippen molar-refractivity contribution >= 4 is 23.4 Å². The minimum Gasteiger partial charge on any atom is -0.491 e. The predicted molar refractivity (Wildman–Crippen MR) is 125 cm³/mol. The summed E-state index contributed by atoms with van der Waals surface area (Å²) < 4.78 is 24.6. The Hall–Kier alpha value is -2.45. The van der Waals surface area contributed by atoms with Gasteiger partial charge in [-0.1, -0.05) is 12.1 Å². The lowest BCUT2D eigenvalue weighted by molar-refractivity contribution is 0.0696. The van der Waals surface area contributed by atoms with Crippen molar-refractivity contribution in [2.45, 2.75) is 12.5 Å². The number of aliphatic hydroxyl groups excluding tert-OH is 1. The largest absolute Gasteiger partial charge is 0.491 e. The number of ether oxygens (including phenoxy) is 1. The van der Waals surface area contributed by atoms with E-state index in [-0.39, 0.29) is 30.3 Å². The van der Waals surface area contributed by atoms with Crippen molar-refractivity contribution in [3.8, 4) is 16.9 Å². The molecule has 0 amide bonds. The summed E-state index contributed by atoms with van der Waals surface area (Å²) in [6.07, 6.45) is 1.87. The zero-order valence-corrected chi connectivity index (χ0v) is 18.8. The van der Waals surface area contributed by atoms with Crippen LogP contribution in [-0.2, 0) is 0 Å². The number of benzene rings is 2. The summed E-state index contributed by atoms with van der Waals surface area (Å²) in [6, 6.07) is 10.7. The maximum absolute atomic E-state index is 13.2. The van der Waals surface area contributed by atoms with Crippen LogP contribution in [0.2, 0.25) is 0 Å². The zero-order chi connectivity index (χ0) is 21.8. The summed E-state index contributed by atoms with van der Waals surface area (Å²) in [5, 5.41) is 10.8. The first-order valence-corrected chi connectivity index (χ1v) is 10.5. The molecule has 0 bridgehead atoms. The number of likely N-dealkylation sites (N-methyl/N-ethyl adjacent to an activating group) is 1. The van der Waals surface area contributed by atoms with Gasteiger partial charge in [-0.2, -0.15) is 0 Å². The van der Waals surface area contributed by atoms with Crippen LogP contribution < -0.4 is 10.2 Å². The number of hydrogen-bond acceptors (Lipinski definition) is 6. The molecule has 4 rings (SSSR count). The van der Waals surface area contributed by atoms with Gasteiger partial charge in [0, 0.05) is 25.7 Å². The van der Waals surface area contributed by atoms with Gasteiger partial charge in [-0.3, -0.25) is 9.69 Å². The van der Waals surface area contributed by atoms with Gasteiger partial charge in [0.15, 0.2) is 5.43 Å². The number of hydrogen-bond donors (Lipinski definition) is 1. The fourth-order valence-corrected chi connectivity index (χ4v) is 3.85. The average Bonchev–Trinajstić information content (AvgIpc) is 2.97. The van der Waals surface area contributed by atoms with Gasteiger partial charge < -0.3 is 19.2 Å². The first-order chi connectivity index (χ1) is 15.0. The molecule has 6 nitrogen and oxygen atoms in total. The molecule has 1 saturated heterocycles. The second-order valence-electron chi connectivity index (χ2n) is 8.07. The fourth-order valence-electron chi connectivity index (χ4n) is 3.85. The van der Waals surface area contributed by atoms with Gasteiger partial charge in [-0.15, -0.1) is 12.4 Å². The third-order valence-corrected chi connectivity index (χ3v) is 5.62. The summed E-state index contributed by atoms with van der Waals surface area (Å²) in [6.45, 7) is 4.71. The third kappa shape index (κ3) is 5.86. The maximum Gasteiger partial charge on any atom is 0.200 e. The smallest absolute Gasteiger partial charge is 0.200 e. The fraction of sp³-hybridized carbons (Fsp3) is 0.375. The van der Waals surface area contributed by atoms with Gasteiger partial charge in [0.2, 0.25) is 0 Å². The van der Waals surface area contributed by atoms with Crippen LogP contribution in [0.4, 0.5) is 4.39 Å². The molecule has 172 valence electrons. The Morgan fingerprint density at radius 2 is 1.91 bits per heavy atom. The Morgan fingerprint density at radius 1 is 1.12 bits per heavy atom. The molecule has 1 N–H and O–H groups in total. The standard InChI is InChI=1S/C24H27FN2O4.ClH/c1-26-9-2-10-27(12-11-26)14-19(28)15-30-20-7-8-21-23(13-20)31-16-22(24(21)29)17-3-5-18(25)6-4-17;/h3-8,13,16,19,28H,2,9-12,14-15H2,1H3;1H. The van der Waals surface area contributed by atoms with E-state index in [9.17, 15) is 14.3 Å². The molecular weight excluding hydrogens is 435 g/mol. The van der Waals surface area contributed by atoms with E-state index in [1.807, 2.05) is 0 Å². The van der Waals surface area contributed by atoms with E-state index in [1.54, 1.807) is 30.3 Å². The molecule has 1 fully saturated rings. The molecule has 0 saturated carbocycles. The molecule has 1 aromatic heterocycles. The van der Waals surface area contributed by atoms with Crippen molar-refractivity contribution in [1.82, 2.24) is 9.80 Å². The van der Waals surface area contributed by atoms with Crippen molar-refractivity contribution in [2.75, 3.05) is 46.4 Å². The normalized spacial score (nSPS) is 16.3. The van der Waals surface area contributed by atoms with Gasteiger partial charge in [0.25, 0.3) is 0 Å². The highest BCUT2D eigenvalue weighted by Gasteiger charge is 2.16. The van der Waals surface area contributed by atoms with Crippen LogP contribution in [0.1, 0.15) is 6.42 Å². The maximum atomic E-state index is 13.2. The quantitative estimate of drug-likeness (QED) is 0.605. The molecular formula is C24H28ClFN2O4. The Balaban J connectivity index is 0.00000289. The van der Waals surface area contributed by atoms with Crippen LogP contribution in [-0.4, -0.2) is 67.4 Å². The lowest BCUT2D eigenvalue weighted by Crippen LogP contribution is -2.37. The molecule has 32 heavy (non-hydrogen) atoms. The van der Waals surface area contributed by atoms with Gasteiger partial charge in [0.05, 0.1) is 10.9 Å². The van der Waals surface area contributed by atoms with E-state index in [2.05, 4.69) is 16.8 Å². The Kier molecular flexibility index (Phi) is 8.26. The average molecular weight is 463 g/mol. The van der Waals surface area contributed by atoms with E-state index in [4.69, 9.17) is 9.15 Å². The van der Waals surface area contributed by atoms with Crippen molar-refractivity contribution in [3.63, 3.8) is 0 Å². The van der Waals surface area contributed by atoms with Crippen molar-refractivity contribution in [1.29, 1.82) is 0 Å². The lowest BCUT2D eigenvalue weighted by atomic mass is 10.1. The Morgan fingerprint density at radius 3 is 2.69 bits per heavy atom. The number of β-amino-alcohol motifs (C(OH)–C–C–N with tert-alkyl or cyclic N) is 1. The molecule has 3 aromatic rings. The SMILES string of the molecule is CN1CCCN(CC(O)COc2ccc3c(=O)c(-c4ccc(F)cc4)coc3c2)CC1.Cl. The summed E-state index contributed by atoms with van der Waals surface area (Å²) in [7, 11) is 2.11. The summed E-state index contributed by atoms with van der Waals surface area (Å²) in [5.74, 6) is 0.168. The van der Waals surface area contributed by atoms with Crippen LogP contribution in [0.5, 0.6) is 5.75 Å². The van der Waals surface area contributed by atoms with E-state index in [0.717, 1.165) is 32.6 Å². The highest BCUT2D eigenvalue weighted by Crippen LogP contribution is 2.23. The second-order valence-corrected chi connectivity index (χ2v) is 8.07. The lowest BCUT2D eigenvalue weighted by Gasteiger charge is -2.23. The van der Waals surface area contributed by atoms with Crippen molar-refractivity contribution in [3.05, 3.63) is 64.8 Å². The molecule has 1 aliphatic heterocycles. The minimum atomic E-state index is -0.605. The number of aliphatic hydroxyl groups is 1. The van der Waals surface area contributed by atoms with Gasteiger partial charge >= 0.3 is 0 Å². The molecule has 2 aromatic carbocycles. The van der Waals surface area contributed by atoms with Crippen molar-refractivity contribution in [2.24, 2.45) is 0 Å². The predicted octanol–water partition coefficient (Wildman–Crippen LogP) is 3.40. The second kappa shape index (κ2) is 10.9. The van der Waals surface area contributed by atoms with E-state index >= 15 is 0 Å². The number of rotatable bonds is 6. The topological polar surface area (TPSA) is 66.2 Å². The molecule has 0 radical (unpaired) electrons. The van der Waals surface area contributed by atoms with Gasteiger partial charge in [0.1, 0.15) is 36.1 Å². The molecule has 0 spiro atoms. The molecule has 1 atom stereocenters. The monoisotopic (exact) mass is 462 g/mol. The van der Waals surface area contributed by atoms with Crippen molar-refractivity contribution < 1.29 is 18.7 Å². The summed E-state index contributed by atoms with van der Waals surface area (Å²) >= 11 is 0. The Labute approximate surface area is 192 Å². The van der Waals surface area contributed by atoms with E-state index in [0.29, 0.717) is 34.4 Å². The third-order valence-electron chi connectivity index (χ3n) is 5.62. The zero-order valence-electron chi connectivity index (χ0n) is 18.0. The van der Waals surface area contributed by atoms with Gasteiger partial charge in [-0.05, 0) is 56.4 Å². The molecule has 8 heteroatoms. The molecule has 2 heterocycles. The molecule has 0 aliphatic carbocycles. The minimum absolute atomic E-state index is 0. The van der Waals surface area contributed by atoms with Crippen LogP contribution >= 0.6 is 12.4 Å². The van der Waals surface area contributed by atoms with Crippen LogP contribution in [0, 0.1) is 5.82 Å². The van der Waals surface area contributed by atoms with E-state index in [1.165, 1.54) is 18.4 Å². The highest BCUT2D eigenvalue weighted by atomic mass is 35.5. The Bertz CT molecular complexity index is 1090. The van der Waals surface area contributed by atoms with Crippen LogP contribution in [0.3, 0.4) is 0 Å². The first kappa shape index (κ1) is 24.2. The molecule has 1 unspecified atom stereocenters. The van der Waals surface area contributed by atoms with Crippen LogP contribution in [0.25, 0.3) is 22.1 Å².